The van der Waals surface area contributed by atoms with Crippen LogP contribution in [0.3, 0.4) is 0 Å². The fourth-order valence-electron chi connectivity index (χ4n) is 3.69. The second-order valence-electron chi connectivity index (χ2n) is 6.93. The molecule has 3 aromatic rings. The molecule has 1 amide bonds. The van der Waals surface area contributed by atoms with Crippen LogP contribution in [-0.2, 0) is 4.74 Å². The van der Waals surface area contributed by atoms with Crippen LogP contribution in [-0.4, -0.2) is 24.4 Å². The smallest absolute Gasteiger partial charge is 0.407 e. The molecule has 0 saturated carbocycles. The van der Waals surface area contributed by atoms with Gasteiger partial charge in [0.05, 0.1) is 0 Å². The third-order valence-electron chi connectivity index (χ3n) is 5.06. The van der Waals surface area contributed by atoms with E-state index in [4.69, 9.17) is 16.3 Å². The topological polar surface area (TPSA) is 58.6 Å². The zero-order chi connectivity index (χ0) is 21.1. The quantitative estimate of drug-likeness (QED) is 0.550. The van der Waals surface area contributed by atoms with Crippen molar-refractivity contribution in [3.63, 3.8) is 0 Å². The predicted octanol–water partition coefficient (Wildman–Crippen LogP) is 5.74. The fourth-order valence-corrected chi connectivity index (χ4v) is 3.90. The molecule has 2 N–H and O–H groups in total. The van der Waals surface area contributed by atoms with Crippen molar-refractivity contribution in [2.75, 3.05) is 13.2 Å². The Morgan fingerprint density at radius 1 is 1.10 bits per heavy atom. The molecule has 1 aliphatic rings. The van der Waals surface area contributed by atoms with Crippen LogP contribution in [0.4, 0.5) is 9.18 Å². The van der Waals surface area contributed by atoms with Gasteiger partial charge >= 0.3 is 6.09 Å². The van der Waals surface area contributed by atoms with Crippen molar-refractivity contribution in [2.24, 2.45) is 0 Å². The van der Waals surface area contributed by atoms with Crippen LogP contribution in [0, 0.1) is 5.82 Å². The highest BCUT2D eigenvalue weighted by Crippen LogP contribution is 2.44. The van der Waals surface area contributed by atoms with Gasteiger partial charge in [0.25, 0.3) is 0 Å². The van der Waals surface area contributed by atoms with Crippen LogP contribution in [0.5, 0.6) is 5.75 Å². The zero-order valence-electron chi connectivity index (χ0n) is 15.9. The summed E-state index contributed by atoms with van der Waals surface area (Å²) in [7, 11) is 0. The lowest BCUT2D eigenvalue weighted by Gasteiger charge is -2.14. The number of rotatable bonds is 5. The lowest BCUT2D eigenvalue weighted by Crippen LogP contribution is -2.26. The van der Waals surface area contributed by atoms with Gasteiger partial charge in [-0.15, -0.1) is 0 Å². The molecule has 0 unspecified atom stereocenters. The van der Waals surface area contributed by atoms with Gasteiger partial charge in [-0.2, -0.15) is 0 Å². The minimum Gasteiger partial charge on any atom is -0.504 e. The first kappa shape index (κ1) is 20.0. The van der Waals surface area contributed by atoms with Crippen LogP contribution in [0.25, 0.3) is 17.2 Å². The molecule has 0 saturated heterocycles. The molecule has 0 atom stereocenters. The minimum atomic E-state index is -0.799. The molecule has 4 nitrogen and oxygen atoms in total. The third kappa shape index (κ3) is 4.02. The summed E-state index contributed by atoms with van der Waals surface area (Å²) in [4.78, 5) is 12.1. The summed E-state index contributed by atoms with van der Waals surface area (Å²) < 4.78 is 18.9. The van der Waals surface area contributed by atoms with Crippen molar-refractivity contribution in [1.82, 2.24) is 5.32 Å². The van der Waals surface area contributed by atoms with E-state index in [0.29, 0.717) is 0 Å². The average molecular weight is 424 g/mol. The third-order valence-corrected chi connectivity index (χ3v) is 5.28. The summed E-state index contributed by atoms with van der Waals surface area (Å²) in [6.07, 6.45) is 2.50. The maximum atomic E-state index is 13.5. The van der Waals surface area contributed by atoms with E-state index in [0.717, 1.165) is 17.2 Å². The van der Waals surface area contributed by atoms with E-state index in [1.165, 1.54) is 23.3 Å². The van der Waals surface area contributed by atoms with Gasteiger partial charge in [0, 0.05) is 23.0 Å². The van der Waals surface area contributed by atoms with Crippen molar-refractivity contribution in [2.45, 2.75) is 5.92 Å². The van der Waals surface area contributed by atoms with Crippen LogP contribution >= 0.6 is 11.6 Å². The van der Waals surface area contributed by atoms with Crippen LogP contribution in [0.2, 0.25) is 5.02 Å². The standard InChI is InChI=1S/C24H19ClFNO3/c25-16-12-15(23(28)22(26)13-16)6-5-11-27-24(29)30-14-21-19-9-3-1-7-17(19)18-8-2-4-10-20(18)21/h1-10,12-13,21,28H,11,14H2,(H,27,29). The summed E-state index contributed by atoms with van der Waals surface area (Å²) in [6, 6.07) is 18.7. The second kappa shape index (κ2) is 8.59. The van der Waals surface area contributed by atoms with Crippen molar-refractivity contribution in [3.8, 4) is 16.9 Å². The van der Waals surface area contributed by atoms with Crippen molar-refractivity contribution in [1.29, 1.82) is 0 Å². The monoisotopic (exact) mass is 423 g/mol. The van der Waals surface area contributed by atoms with Crippen LogP contribution in [0.15, 0.2) is 66.7 Å². The van der Waals surface area contributed by atoms with Gasteiger partial charge in [0.2, 0.25) is 0 Å². The Bertz CT molecular complexity index is 1080. The van der Waals surface area contributed by atoms with Crippen molar-refractivity contribution < 1.29 is 19.0 Å². The largest absolute Gasteiger partial charge is 0.504 e. The highest BCUT2D eigenvalue weighted by atomic mass is 35.5. The van der Waals surface area contributed by atoms with Crippen molar-refractivity contribution >= 4 is 23.8 Å². The number of phenolic OH excluding ortho intramolecular Hbond substituents is 1. The maximum Gasteiger partial charge on any atom is 0.407 e. The number of halogens is 2. The average Bonchev–Trinajstić information content (AvgIpc) is 3.07. The first-order chi connectivity index (χ1) is 14.5. The van der Waals surface area contributed by atoms with Gasteiger partial charge in [0.1, 0.15) is 6.61 Å². The molecule has 0 bridgehead atoms. The molecule has 0 aliphatic heterocycles. The summed E-state index contributed by atoms with van der Waals surface area (Å²) in [5.74, 6) is -1.30. The summed E-state index contributed by atoms with van der Waals surface area (Å²) in [6.45, 7) is 0.383. The number of nitrogens with one attached hydrogen (secondary N) is 1. The lowest BCUT2D eigenvalue weighted by molar-refractivity contribution is 0.144. The lowest BCUT2D eigenvalue weighted by atomic mass is 9.98. The fraction of sp³-hybridized carbons (Fsp3) is 0.125. The molecule has 0 aromatic heterocycles. The highest BCUT2D eigenvalue weighted by molar-refractivity contribution is 6.30. The summed E-state index contributed by atoms with van der Waals surface area (Å²) in [5.41, 5.74) is 4.85. The number of carbonyl (C=O) groups is 1. The van der Waals surface area contributed by atoms with E-state index < -0.39 is 17.7 Å². The predicted molar refractivity (Wildman–Crippen MR) is 115 cm³/mol. The number of aromatic hydroxyl groups is 1. The number of hydrogen-bond acceptors (Lipinski definition) is 3. The molecule has 30 heavy (non-hydrogen) atoms. The normalized spacial score (nSPS) is 12.6. The summed E-state index contributed by atoms with van der Waals surface area (Å²) >= 11 is 5.79. The zero-order valence-corrected chi connectivity index (χ0v) is 16.7. The Balaban J connectivity index is 1.35. The molecule has 6 heteroatoms. The van der Waals surface area contributed by atoms with Gasteiger partial charge in [-0.1, -0.05) is 72.3 Å². The highest BCUT2D eigenvalue weighted by Gasteiger charge is 2.28. The maximum absolute atomic E-state index is 13.5. The SMILES string of the molecule is O=C(NCC=Cc1cc(Cl)cc(F)c1O)OCC1c2ccccc2-c2ccccc21. The Kier molecular flexibility index (Phi) is 5.72. The van der Waals surface area contributed by atoms with E-state index in [2.05, 4.69) is 29.6 Å². The molecule has 0 radical (unpaired) electrons. The van der Waals surface area contributed by atoms with E-state index in [-0.39, 0.29) is 29.7 Å². The van der Waals surface area contributed by atoms with Gasteiger partial charge < -0.3 is 15.2 Å². The molecule has 1 aliphatic carbocycles. The Morgan fingerprint density at radius 3 is 2.40 bits per heavy atom. The first-order valence-corrected chi connectivity index (χ1v) is 9.86. The molecule has 152 valence electrons. The van der Waals surface area contributed by atoms with Crippen LogP contribution in [0.1, 0.15) is 22.6 Å². The second-order valence-corrected chi connectivity index (χ2v) is 7.37. The number of carbonyl (C=O) groups excluding carboxylic acids is 1. The number of benzene rings is 3. The first-order valence-electron chi connectivity index (χ1n) is 9.48. The number of phenols is 1. The van der Waals surface area contributed by atoms with Crippen molar-refractivity contribution in [3.05, 3.63) is 94.3 Å². The molecular weight excluding hydrogens is 405 g/mol. The molecular formula is C24H19ClFNO3. The molecule has 0 fully saturated rings. The number of hydrogen-bond donors (Lipinski definition) is 2. The number of amides is 1. The molecule has 3 aromatic carbocycles. The van der Waals surface area contributed by atoms with E-state index in [1.54, 1.807) is 6.08 Å². The number of fused-ring (bicyclic) bond motifs is 3. The molecule has 4 rings (SSSR count). The number of ether oxygens (including phenoxy) is 1. The van der Waals surface area contributed by atoms with Crippen LogP contribution < -0.4 is 5.32 Å². The van der Waals surface area contributed by atoms with Gasteiger partial charge in [0.15, 0.2) is 11.6 Å². The summed E-state index contributed by atoms with van der Waals surface area (Å²) in [5, 5.41) is 12.5. The number of alkyl carbamates (subject to hydrolysis) is 1. The van der Waals surface area contributed by atoms with Gasteiger partial charge in [-0.3, -0.25) is 0 Å². The van der Waals surface area contributed by atoms with E-state index in [9.17, 15) is 14.3 Å². The Morgan fingerprint density at radius 2 is 1.73 bits per heavy atom. The Hall–Kier alpha value is -3.31. The molecule has 0 heterocycles. The Labute approximate surface area is 178 Å². The minimum absolute atomic E-state index is 0.00919. The van der Waals surface area contributed by atoms with Gasteiger partial charge in [-0.05, 0) is 34.4 Å². The van der Waals surface area contributed by atoms with E-state index in [1.807, 2.05) is 24.3 Å². The van der Waals surface area contributed by atoms with Gasteiger partial charge in [-0.25, -0.2) is 9.18 Å². The van der Waals surface area contributed by atoms with E-state index >= 15 is 0 Å². The molecule has 0 spiro atoms.